The second kappa shape index (κ2) is 10.8. The number of alkyl halides is 2. The molecule has 0 spiro atoms. The van der Waals surface area contributed by atoms with Crippen LogP contribution in [-0.4, -0.2) is 60.4 Å². The Morgan fingerprint density at radius 3 is 2.67 bits per heavy atom. The van der Waals surface area contributed by atoms with Gasteiger partial charge in [0.2, 0.25) is 11.8 Å². The number of nitrogens with two attached hydrogens (primary N) is 1. The summed E-state index contributed by atoms with van der Waals surface area (Å²) in [6.45, 7) is 2.60. The van der Waals surface area contributed by atoms with Gasteiger partial charge in [-0.15, -0.1) is 0 Å². The summed E-state index contributed by atoms with van der Waals surface area (Å²) in [5.74, 6) is -3.54. The number of amides is 2. The number of nitrogens with one attached hydrogen (secondary N) is 1. The Hall–Kier alpha value is -3.93. The number of halogens is 3. The number of aromatic nitrogens is 4. The number of carbonyl (C=O) groups is 2. The molecule has 252 valence electrons. The molecule has 2 aliphatic heterocycles. The normalized spacial score (nSPS) is 30.0. The minimum Gasteiger partial charge on any atom is -0.348 e. The molecule has 9 nitrogen and oxygen atoms in total. The summed E-state index contributed by atoms with van der Waals surface area (Å²) in [5.41, 5.74) is 9.33. The smallest absolute Gasteiger partial charge is 0.254 e. The van der Waals surface area contributed by atoms with Crippen molar-refractivity contribution in [3.63, 3.8) is 0 Å². The van der Waals surface area contributed by atoms with Crippen LogP contribution >= 0.6 is 0 Å². The van der Waals surface area contributed by atoms with Crippen molar-refractivity contribution in [3.8, 4) is 11.5 Å². The molecule has 3 aromatic heterocycles. The van der Waals surface area contributed by atoms with Crippen LogP contribution in [0.25, 0.3) is 33.6 Å². The van der Waals surface area contributed by atoms with E-state index in [-0.39, 0.29) is 73.1 Å². The van der Waals surface area contributed by atoms with Crippen LogP contribution in [0, 0.1) is 23.6 Å². The van der Waals surface area contributed by atoms with Crippen molar-refractivity contribution in [3.05, 3.63) is 47.4 Å². The monoisotopic (exact) mass is 659 g/mol. The number of carbonyl (C=O) groups excluding carboxylic acids is 2. The molecule has 0 unspecified atom stereocenters. The maximum atomic E-state index is 16.2. The van der Waals surface area contributed by atoms with Crippen LogP contribution in [0.1, 0.15) is 92.8 Å². The van der Waals surface area contributed by atoms with Gasteiger partial charge in [0, 0.05) is 60.9 Å². The fourth-order valence-corrected chi connectivity index (χ4v) is 8.74. The summed E-state index contributed by atoms with van der Waals surface area (Å²) in [4.78, 5) is 38.4. The highest BCUT2D eigenvalue weighted by molar-refractivity contribution is 5.98. The van der Waals surface area contributed by atoms with Gasteiger partial charge in [-0.1, -0.05) is 0 Å². The van der Waals surface area contributed by atoms with E-state index in [9.17, 15) is 9.59 Å². The van der Waals surface area contributed by atoms with Gasteiger partial charge in [0.15, 0.2) is 5.82 Å². The van der Waals surface area contributed by atoms with Gasteiger partial charge in [0.1, 0.15) is 17.0 Å². The summed E-state index contributed by atoms with van der Waals surface area (Å²) in [6.07, 6.45) is 4.61. The number of imidazole rings is 1. The quantitative estimate of drug-likeness (QED) is 0.276. The van der Waals surface area contributed by atoms with Crippen molar-refractivity contribution in [2.24, 2.45) is 23.5 Å². The maximum absolute atomic E-state index is 16.2. The first kappa shape index (κ1) is 30.2. The Morgan fingerprint density at radius 1 is 1.04 bits per heavy atom. The summed E-state index contributed by atoms with van der Waals surface area (Å²) in [5, 5.41) is 3.79. The molecule has 12 heteroatoms. The van der Waals surface area contributed by atoms with Crippen LogP contribution in [0.2, 0.25) is 0 Å². The molecule has 4 aromatic rings. The molecule has 5 heterocycles. The molecule has 4 fully saturated rings. The van der Waals surface area contributed by atoms with E-state index in [1.54, 1.807) is 6.07 Å². The highest BCUT2D eigenvalue weighted by Gasteiger charge is 2.48. The molecule has 1 aromatic carbocycles. The van der Waals surface area contributed by atoms with E-state index in [0.717, 1.165) is 37.5 Å². The molecule has 5 aliphatic rings. The van der Waals surface area contributed by atoms with Gasteiger partial charge >= 0.3 is 0 Å². The number of nitrogens with zero attached hydrogens (tertiary/aromatic N) is 5. The largest absolute Gasteiger partial charge is 0.348 e. The fourth-order valence-electron chi connectivity index (χ4n) is 8.74. The molecule has 0 radical (unpaired) electrons. The van der Waals surface area contributed by atoms with E-state index in [4.69, 9.17) is 15.7 Å². The number of rotatable bonds is 3. The average molecular weight is 660 g/mol. The average Bonchev–Trinajstić information content (AvgIpc) is 3.91. The van der Waals surface area contributed by atoms with Crippen LogP contribution in [0.3, 0.4) is 0 Å². The van der Waals surface area contributed by atoms with Crippen molar-refractivity contribution in [2.45, 2.75) is 101 Å². The Kier molecular flexibility index (Phi) is 6.78. The van der Waals surface area contributed by atoms with E-state index >= 15 is 13.2 Å². The molecule has 48 heavy (non-hydrogen) atoms. The summed E-state index contributed by atoms with van der Waals surface area (Å²) < 4.78 is 50.3. The second-order valence-corrected chi connectivity index (χ2v) is 15.0. The Balaban J connectivity index is 1.14. The maximum Gasteiger partial charge on any atom is 0.254 e. The molecule has 2 amide bonds. The van der Waals surface area contributed by atoms with Crippen LogP contribution < -0.4 is 11.1 Å². The van der Waals surface area contributed by atoms with Gasteiger partial charge in [-0.05, 0) is 94.0 Å². The van der Waals surface area contributed by atoms with Crippen molar-refractivity contribution < 1.29 is 22.8 Å². The number of likely N-dealkylation sites (tertiary alicyclic amines) is 1. The van der Waals surface area contributed by atoms with Gasteiger partial charge in [-0.3, -0.25) is 9.59 Å². The summed E-state index contributed by atoms with van der Waals surface area (Å²) in [6, 6.07) is 8.45. The fraction of sp³-hybridized carbons (Fsp3) is 0.556. The number of hydrogen-bond donors (Lipinski definition) is 2. The minimum atomic E-state index is -2.89. The van der Waals surface area contributed by atoms with Crippen LogP contribution in [0.5, 0.6) is 0 Å². The molecular formula is C36H40F3N7O2. The van der Waals surface area contributed by atoms with Gasteiger partial charge < -0.3 is 25.1 Å². The molecule has 4 bridgehead atoms. The van der Waals surface area contributed by atoms with E-state index in [0.29, 0.717) is 52.8 Å². The Labute approximate surface area is 276 Å². The summed E-state index contributed by atoms with van der Waals surface area (Å²) >= 11 is 0. The van der Waals surface area contributed by atoms with E-state index in [2.05, 4.69) is 5.32 Å². The highest BCUT2D eigenvalue weighted by Crippen LogP contribution is 2.48. The van der Waals surface area contributed by atoms with Gasteiger partial charge in [-0.2, -0.15) is 0 Å². The standard InChI is InChI=1S/C36H40F3N7O2/c1-18-28-8-4-20-15-30(44(32(20)42-28)10-2-9-36(38,39)16-22-12-25(22)34(47)41-18)33-43-29-14-21(13-26(37)31(29)46(33)23-6-7-23)35(48)45-17-27(40)19-3-5-24(45)11-19/h4,8,13-15,18-19,22-25,27H,2-3,5-7,9-12,16-17,40H2,1H3,(H,41,47)/t18-,19-,22-,24+,25+,27+/m1/s1. The molecule has 3 aliphatic carbocycles. The number of benzene rings is 1. The first-order valence-electron chi connectivity index (χ1n) is 17.5. The second-order valence-electron chi connectivity index (χ2n) is 15.0. The van der Waals surface area contributed by atoms with Gasteiger partial charge in [0.25, 0.3) is 5.91 Å². The predicted octanol–water partition coefficient (Wildman–Crippen LogP) is 6.11. The van der Waals surface area contributed by atoms with E-state index < -0.39 is 17.8 Å². The van der Waals surface area contributed by atoms with Crippen molar-refractivity contribution >= 4 is 33.9 Å². The zero-order valence-corrected chi connectivity index (χ0v) is 27.0. The molecule has 3 saturated carbocycles. The number of pyridine rings is 1. The first-order valence-corrected chi connectivity index (χ1v) is 17.5. The lowest BCUT2D eigenvalue weighted by Crippen LogP contribution is -2.51. The van der Waals surface area contributed by atoms with Crippen LogP contribution in [0.4, 0.5) is 13.2 Å². The lowest BCUT2D eigenvalue weighted by Gasteiger charge is -2.37. The Morgan fingerprint density at radius 2 is 1.85 bits per heavy atom. The lowest BCUT2D eigenvalue weighted by atomic mass is 9.94. The third-order valence-corrected chi connectivity index (χ3v) is 11.6. The predicted molar refractivity (Wildman–Crippen MR) is 174 cm³/mol. The number of hydrogen-bond acceptors (Lipinski definition) is 5. The Bertz CT molecular complexity index is 1980. The van der Waals surface area contributed by atoms with Gasteiger partial charge in [0.05, 0.1) is 22.9 Å². The number of piperidine rings is 1. The molecule has 9 rings (SSSR count). The first-order chi connectivity index (χ1) is 23.0. The molecule has 1 saturated heterocycles. The van der Waals surface area contributed by atoms with Crippen molar-refractivity contribution in [1.29, 1.82) is 0 Å². The number of fused-ring (bicyclic) bond motifs is 5. The summed E-state index contributed by atoms with van der Waals surface area (Å²) in [7, 11) is 0. The zero-order chi connectivity index (χ0) is 33.1. The lowest BCUT2D eigenvalue weighted by molar-refractivity contribution is -0.123. The van der Waals surface area contributed by atoms with Crippen molar-refractivity contribution in [1.82, 2.24) is 29.3 Å². The van der Waals surface area contributed by atoms with Crippen molar-refractivity contribution in [2.75, 3.05) is 6.54 Å². The topological polar surface area (TPSA) is 111 Å². The molecule has 3 N–H and O–H groups in total. The minimum absolute atomic E-state index is 0.0375. The number of aryl methyl sites for hydroxylation is 1. The molecule has 6 atom stereocenters. The van der Waals surface area contributed by atoms with Crippen LogP contribution in [0.15, 0.2) is 30.3 Å². The third kappa shape index (κ3) is 5.01. The SMILES string of the molecule is C[C@H]1NC(=O)[C@H]2C[C@@H]2CC(F)(F)CCCn2c(-c3nc4cc(C(=O)N5C[C@H](N)[C@@H]6CC[C@H]5C6)cc(F)c4n3C3CC3)cc3ccc1nc32. The van der Waals surface area contributed by atoms with Gasteiger partial charge in [-0.25, -0.2) is 23.1 Å². The highest BCUT2D eigenvalue weighted by atomic mass is 19.3. The van der Waals surface area contributed by atoms with E-state index in [1.165, 1.54) is 6.07 Å². The molecular weight excluding hydrogens is 619 g/mol. The third-order valence-electron chi connectivity index (χ3n) is 11.6. The zero-order valence-electron chi connectivity index (χ0n) is 27.0. The van der Waals surface area contributed by atoms with E-state index in [1.807, 2.05) is 39.2 Å². The van der Waals surface area contributed by atoms with Crippen LogP contribution in [-0.2, 0) is 11.3 Å².